The van der Waals surface area contributed by atoms with E-state index in [0.29, 0.717) is 5.41 Å². The average Bonchev–Trinajstić information content (AvgIpc) is 2.37. The van der Waals surface area contributed by atoms with Gasteiger partial charge in [-0.25, -0.2) is 9.97 Å². The Hall–Kier alpha value is -0.960. The number of nitrogens with two attached hydrogens (primary N) is 1. The van der Waals surface area contributed by atoms with Gasteiger partial charge in [0.1, 0.15) is 6.33 Å². The molecule has 0 amide bonds. The highest BCUT2D eigenvalue weighted by Gasteiger charge is 2.51. The van der Waals surface area contributed by atoms with Gasteiger partial charge < -0.3 is 5.73 Å². The van der Waals surface area contributed by atoms with E-state index in [4.69, 9.17) is 5.73 Å². The molecule has 4 fully saturated rings. The van der Waals surface area contributed by atoms with Gasteiger partial charge in [0.25, 0.3) is 0 Å². The van der Waals surface area contributed by atoms with Gasteiger partial charge in [-0.05, 0) is 68.1 Å². The van der Waals surface area contributed by atoms with Crippen molar-refractivity contribution >= 4 is 0 Å². The fourth-order valence-electron chi connectivity index (χ4n) is 5.63. The number of nitrogens with zero attached hydrogens (tertiary/aromatic N) is 2. The molecule has 1 aromatic heterocycles. The lowest BCUT2D eigenvalue weighted by atomic mass is 9.48. The maximum atomic E-state index is 6.44. The van der Waals surface area contributed by atoms with Gasteiger partial charge in [0.05, 0.1) is 0 Å². The number of hydrogen-bond donors (Lipinski definition) is 1. The van der Waals surface area contributed by atoms with E-state index in [-0.39, 0.29) is 6.04 Å². The van der Waals surface area contributed by atoms with Gasteiger partial charge in [0.15, 0.2) is 0 Å². The lowest BCUT2D eigenvalue weighted by Crippen LogP contribution is -2.47. The molecule has 102 valence electrons. The molecule has 0 spiro atoms. The Morgan fingerprint density at radius 3 is 2.11 bits per heavy atom. The van der Waals surface area contributed by atoms with E-state index in [1.807, 2.05) is 12.4 Å². The predicted molar refractivity (Wildman–Crippen MR) is 74.2 cm³/mol. The fraction of sp³-hybridized carbons (Fsp3) is 0.750. The third-order valence-corrected chi connectivity index (χ3v) is 5.83. The van der Waals surface area contributed by atoms with Crippen LogP contribution in [0, 0.1) is 23.2 Å². The van der Waals surface area contributed by atoms with Crippen LogP contribution in [0.5, 0.6) is 0 Å². The van der Waals surface area contributed by atoms with Crippen LogP contribution in [0.4, 0.5) is 0 Å². The molecule has 0 aliphatic heterocycles. The molecule has 4 aliphatic rings. The summed E-state index contributed by atoms with van der Waals surface area (Å²) in [4.78, 5) is 8.22. The Morgan fingerprint density at radius 2 is 1.58 bits per heavy atom. The third kappa shape index (κ3) is 2.08. The average molecular weight is 257 g/mol. The molecule has 3 heteroatoms. The molecule has 4 aliphatic carbocycles. The minimum absolute atomic E-state index is 0.123. The summed E-state index contributed by atoms with van der Waals surface area (Å²) in [6, 6.07) is 0.123. The second-order valence-corrected chi connectivity index (χ2v) is 7.40. The van der Waals surface area contributed by atoms with Crippen LogP contribution in [0.25, 0.3) is 0 Å². The molecule has 0 saturated heterocycles. The maximum absolute atomic E-state index is 6.44. The first-order valence-electron chi connectivity index (χ1n) is 7.73. The highest BCUT2D eigenvalue weighted by Crippen LogP contribution is 2.62. The van der Waals surface area contributed by atoms with Crippen LogP contribution in [0.1, 0.15) is 56.6 Å². The standard InChI is InChI=1S/C16H23N3/c17-15(14-8-18-10-19-9-14)7-16-4-11-1-12(5-16)3-13(2-11)6-16/h8-13,15H,1-7,17H2. The summed E-state index contributed by atoms with van der Waals surface area (Å²) < 4.78 is 0. The molecule has 0 aromatic carbocycles. The molecule has 3 nitrogen and oxygen atoms in total. The van der Waals surface area contributed by atoms with Crippen LogP contribution in [-0.4, -0.2) is 9.97 Å². The minimum Gasteiger partial charge on any atom is -0.324 e. The molecule has 1 atom stereocenters. The molecule has 4 bridgehead atoms. The van der Waals surface area contributed by atoms with E-state index in [2.05, 4.69) is 9.97 Å². The first-order chi connectivity index (χ1) is 9.22. The quantitative estimate of drug-likeness (QED) is 0.905. The van der Waals surface area contributed by atoms with E-state index in [0.717, 1.165) is 29.7 Å². The highest BCUT2D eigenvalue weighted by molar-refractivity contribution is 5.11. The lowest BCUT2D eigenvalue weighted by Gasteiger charge is -2.57. The Morgan fingerprint density at radius 1 is 1.05 bits per heavy atom. The second kappa shape index (κ2) is 4.27. The number of hydrogen-bond acceptors (Lipinski definition) is 3. The van der Waals surface area contributed by atoms with Crippen molar-refractivity contribution in [3.8, 4) is 0 Å². The van der Waals surface area contributed by atoms with Gasteiger partial charge in [-0.2, -0.15) is 0 Å². The van der Waals surface area contributed by atoms with Gasteiger partial charge in [-0.3, -0.25) is 0 Å². The molecular formula is C16H23N3. The van der Waals surface area contributed by atoms with Crippen molar-refractivity contribution in [2.24, 2.45) is 28.9 Å². The summed E-state index contributed by atoms with van der Waals surface area (Å²) in [6.07, 6.45) is 15.3. The van der Waals surface area contributed by atoms with E-state index in [1.165, 1.54) is 38.5 Å². The third-order valence-electron chi connectivity index (χ3n) is 5.83. The van der Waals surface area contributed by atoms with Crippen molar-refractivity contribution in [1.29, 1.82) is 0 Å². The summed E-state index contributed by atoms with van der Waals surface area (Å²) in [5.41, 5.74) is 8.09. The summed E-state index contributed by atoms with van der Waals surface area (Å²) in [5.74, 6) is 3.02. The SMILES string of the molecule is NC(CC12CC3CC(CC(C3)C1)C2)c1cncnc1. The number of aromatic nitrogens is 2. The van der Waals surface area contributed by atoms with E-state index in [9.17, 15) is 0 Å². The smallest absolute Gasteiger partial charge is 0.115 e. The molecule has 1 unspecified atom stereocenters. The molecular weight excluding hydrogens is 234 g/mol. The Balaban J connectivity index is 1.53. The predicted octanol–water partition coefficient (Wildman–Crippen LogP) is 3.08. The van der Waals surface area contributed by atoms with Gasteiger partial charge in [0.2, 0.25) is 0 Å². The van der Waals surface area contributed by atoms with Crippen molar-refractivity contribution in [3.05, 3.63) is 24.3 Å². The van der Waals surface area contributed by atoms with E-state index >= 15 is 0 Å². The van der Waals surface area contributed by atoms with Crippen LogP contribution in [0.3, 0.4) is 0 Å². The fourth-order valence-corrected chi connectivity index (χ4v) is 5.63. The normalized spacial score (nSPS) is 41.4. The molecule has 0 radical (unpaired) electrons. The number of rotatable bonds is 3. The zero-order valence-corrected chi connectivity index (χ0v) is 11.5. The van der Waals surface area contributed by atoms with Crippen molar-refractivity contribution < 1.29 is 0 Å². The minimum atomic E-state index is 0.123. The summed E-state index contributed by atoms with van der Waals surface area (Å²) in [6.45, 7) is 0. The van der Waals surface area contributed by atoms with E-state index < -0.39 is 0 Å². The van der Waals surface area contributed by atoms with Gasteiger partial charge in [-0.15, -0.1) is 0 Å². The molecule has 1 heterocycles. The van der Waals surface area contributed by atoms with Crippen molar-refractivity contribution in [2.75, 3.05) is 0 Å². The molecule has 19 heavy (non-hydrogen) atoms. The summed E-state index contributed by atoms with van der Waals surface area (Å²) in [5, 5.41) is 0. The lowest BCUT2D eigenvalue weighted by molar-refractivity contribution is -0.0605. The van der Waals surface area contributed by atoms with Crippen molar-refractivity contribution in [2.45, 2.75) is 51.0 Å². The van der Waals surface area contributed by atoms with Crippen LogP contribution in [0.2, 0.25) is 0 Å². The molecule has 1 aromatic rings. The molecule has 4 saturated carbocycles. The second-order valence-electron chi connectivity index (χ2n) is 7.40. The molecule has 5 rings (SSSR count). The highest BCUT2D eigenvalue weighted by atomic mass is 14.8. The zero-order chi connectivity index (χ0) is 12.9. The largest absolute Gasteiger partial charge is 0.324 e. The van der Waals surface area contributed by atoms with Gasteiger partial charge in [0, 0.05) is 24.0 Å². The summed E-state index contributed by atoms with van der Waals surface area (Å²) in [7, 11) is 0. The van der Waals surface area contributed by atoms with Crippen molar-refractivity contribution in [3.63, 3.8) is 0 Å². The van der Waals surface area contributed by atoms with E-state index in [1.54, 1.807) is 6.33 Å². The van der Waals surface area contributed by atoms with Crippen LogP contribution in [0.15, 0.2) is 18.7 Å². The topological polar surface area (TPSA) is 51.8 Å². The molecule has 2 N–H and O–H groups in total. The van der Waals surface area contributed by atoms with Gasteiger partial charge >= 0.3 is 0 Å². The first-order valence-corrected chi connectivity index (χ1v) is 7.73. The van der Waals surface area contributed by atoms with Crippen molar-refractivity contribution in [1.82, 2.24) is 9.97 Å². The summed E-state index contributed by atoms with van der Waals surface area (Å²) >= 11 is 0. The first kappa shape index (κ1) is 11.8. The Bertz CT molecular complexity index is 421. The van der Waals surface area contributed by atoms with Crippen LogP contribution < -0.4 is 5.73 Å². The Labute approximate surface area is 115 Å². The maximum Gasteiger partial charge on any atom is 0.115 e. The monoisotopic (exact) mass is 257 g/mol. The zero-order valence-electron chi connectivity index (χ0n) is 11.5. The van der Waals surface area contributed by atoms with Gasteiger partial charge in [-0.1, -0.05) is 0 Å². The van der Waals surface area contributed by atoms with Crippen LogP contribution >= 0.6 is 0 Å². The van der Waals surface area contributed by atoms with Crippen LogP contribution in [-0.2, 0) is 0 Å². The Kier molecular flexibility index (Phi) is 2.66.